The lowest BCUT2D eigenvalue weighted by Gasteiger charge is -2.59. The van der Waals surface area contributed by atoms with Crippen molar-refractivity contribution in [2.75, 3.05) is 7.11 Å². The number of aliphatic carboxylic acids is 1. The quantitative estimate of drug-likeness (QED) is 0.739. The maximum Gasteiger partial charge on any atom is 0.319 e. The summed E-state index contributed by atoms with van der Waals surface area (Å²) >= 11 is 0. The van der Waals surface area contributed by atoms with E-state index in [9.17, 15) is 9.59 Å². The third-order valence-corrected chi connectivity index (χ3v) is 5.18. The van der Waals surface area contributed by atoms with Crippen LogP contribution in [0.3, 0.4) is 0 Å². The molecule has 5 heteroatoms. The van der Waals surface area contributed by atoms with E-state index in [1.807, 2.05) is 20.8 Å². The van der Waals surface area contributed by atoms with Crippen molar-refractivity contribution in [3.05, 3.63) is 0 Å². The number of carbonyl (C=O) groups excluding carboxylic acids is 1. The molecule has 0 aromatic heterocycles. The van der Waals surface area contributed by atoms with Crippen LogP contribution in [0.4, 0.5) is 0 Å². The van der Waals surface area contributed by atoms with E-state index in [1.165, 1.54) is 0 Å². The topological polar surface area (TPSA) is 75.6 Å². The molecule has 2 aliphatic rings. The Kier molecular flexibility index (Phi) is 2.74. The Balaban J connectivity index is 2.01. The van der Waals surface area contributed by atoms with Gasteiger partial charge in [-0.05, 0) is 26.2 Å². The maximum atomic E-state index is 12.0. The van der Waals surface area contributed by atoms with Gasteiger partial charge in [0, 0.05) is 18.6 Å². The van der Waals surface area contributed by atoms with Gasteiger partial charge in [0.2, 0.25) is 5.91 Å². The van der Waals surface area contributed by atoms with Gasteiger partial charge in [-0.1, -0.05) is 13.8 Å². The first-order chi connectivity index (χ1) is 8.19. The number of ether oxygens (including phenoxy) is 1. The third-order valence-electron chi connectivity index (χ3n) is 5.18. The van der Waals surface area contributed by atoms with Gasteiger partial charge in [-0.3, -0.25) is 9.59 Å². The van der Waals surface area contributed by atoms with Crippen LogP contribution in [0.5, 0.6) is 0 Å². The van der Waals surface area contributed by atoms with Crippen LogP contribution in [-0.2, 0) is 14.3 Å². The van der Waals surface area contributed by atoms with Crippen molar-refractivity contribution < 1.29 is 19.4 Å². The number of carboxylic acid groups (broad SMARTS) is 1. The predicted molar refractivity (Wildman–Crippen MR) is 65.0 cm³/mol. The van der Waals surface area contributed by atoms with E-state index in [-0.39, 0.29) is 23.0 Å². The highest BCUT2D eigenvalue weighted by atomic mass is 16.5. The normalized spacial score (nSPS) is 35.4. The van der Waals surface area contributed by atoms with Crippen molar-refractivity contribution in [1.82, 2.24) is 5.32 Å². The lowest BCUT2D eigenvalue weighted by molar-refractivity contribution is -0.184. The van der Waals surface area contributed by atoms with Crippen molar-refractivity contribution in [2.24, 2.45) is 10.8 Å². The molecule has 0 bridgehead atoms. The van der Waals surface area contributed by atoms with Crippen LogP contribution in [0, 0.1) is 10.8 Å². The summed E-state index contributed by atoms with van der Waals surface area (Å²) in [4.78, 5) is 23.1. The molecule has 18 heavy (non-hydrogen) atoms. The Morgan fingerprint density at radius 3 is 2.17 bits per heavy atom. The van der Waals surface area contributed by atoms with Gasteiger partial charge in [0.1, 0.15) is 5.41 Å². The molecule has 0 unspecified atom stereocenters. The number of nitrogens with one attached hydrogen (secondary N) is 1. The zero-order chi connectivity index (χ0) is 13.8. The van der Waals surface area contributed by atoms with Crippen LogP contribution >= 0.6 is 0 Å². The Morgan fingerprint density at radius 1 is 1.28 bits per heavy atom. The Bertz CT molecular complexity index is 400. The average Bonchev–Trinajstić information content (AvgIpc) is 3.09. The highest BCUT2D eigenvalue weighted by Gasteiger charge is 2.62. The maximum absolute atomic E-state index is 12.0. The van der Waals surface area contributed by atoms with Crippen LogP contribution < -0.4 is 5.32 Å². The van der Waals surface area contributed by atoms with Crippen molar-refractivity contribution in [3.63, 3.8) is 0 Å². The highest BCUT2D eigenvalue weighted by molar-refractivity contribution is 6.05. The van der Waals surface area contributed by atoms with Crippen molar-refractivity contribution in [1.29, 1.82) is 0 Å². The van der Waals surface area contributed by atoms with Gasteiger partial charge < -0.3 is 15.2 Å². The summed E-state index contributed by atoms with van der Waals surface area (Å²) in [5, 5.41) is 12.0. The molecule has 0 radical (unpaired) electrons. The molecule has 102 valence electrons. The molecule has 0 aromatic carbocycles. The van der Waals surface area contributed by atoms with Crippen molar-refractivity contribution >= 4 is 11.9 Å². The average molecular weight is 255 g/mol. The van der Waals surface area contributed by atoms with E-state index >= 15 is 0 Å². The molecule has 0 aromatic rings. The summed E-state index contributed by atoms with van der Waals surface area (Å²) in [6.45, 7) is 6.08. The first-order valence-corrected chi connectivity index (χ1v) is 6.29. The lowest BCUT2D eigenvalue weighted by Crippen LogP contribution is -2.69. The number of methoxy groups -OCH3 is 1. The monoisotopic (exact) mass is 255 g/mol. The SMILES string of the molecule is CO[C@]1(C)C[C@@H](NC(=O)C2(C(=O)O)CC2)C1(C)C. The van der Waals surface area contributed by atoms with Crippen LogP contribution in [0.1, 0.15) is 40.0 Å². The van der Waals surface area contributed by atoms with Crippen LogP contribution in [0.25, 0.3) is 0 Å². The molecule has 2 N–H and O–H groups in total. The number of hydrogen-bond donors (Lipinski definition) is 2. The number of amides is 1. The standard InChI is InChI=1S/C13H21NO4/c1-11(2)8(7-12(11,3)18-4)14-9(15)13(5-6-13)10(16)17/h8H,5-7H2,1-4H3,(H,14,15)(H,16,17)/t8-,12-/m1/s1. The van der Waals surface area contributed by atoms with Gasteiger partial charge in [-0.15, -0.1) is 0 Å². The smallest absolute Gasteiger partial charge is 0.319 e. The molecule has 2 atom stereocenters. The first kappa shape index (κ1) is 13.3. The number of carbonyl (C=O) groups is 2. The van der Waals surface area contributed by atoms with E-state index < -0.39 is 11.4 Å². The minimum absolute atomic E-state index is 0.0215. The second kappa shape index (κ2) is 3.70. The molecule has 1 amide bonds. The van der Waals surface area contributed by atoms with E-state index in [1.54, 1.807) is 7.11 Å². The summed E-state index contributed by atoms with van der Waals surface area (Å²) in [7, 11) is 1.67. The molecule has 2 aliphatic carbocycles. The largest absolute Gasteiger partial charge is 0.480 e. The molecule has 0 saturated heterocycles. The third kappa shape index (κ3) is 1.56. The number of hydrogen-bond acceptors (Lipinski definition) is 3. The molecule has 2 saturated carbocycles. The van der Waals surface area contributed by atoms with Gasteiger partial charge in [0.15, 0.2) is 0 Å². The van der Waals surface area contributed by atoms with Crippen molar-refractivity contribution in [2.45, 2.75) is 51.7 Å². The summed E-state index contributed by atoms with van der Waals surface area (Å²) in [6.07, 6.45) is 1.61. The van der Waals surface area contributed by atoms with Gasteiger partial charge in [0.25, 0.3) is 0 Å². The lowest BCUT2D eigenvalue weighted by atomic mass is 9.55. The highest BCUT2D eigenvalue weighted by Crippen LogP contribution is 2.53. The van der Waals surface area contributed by atoms with Gasteiger partial charge >= 0.3 is 5.97 Å². The zero-order valence-corrected chi connectivity index (χ0v) is 11.4. The van der Waals surface area contributed by atoms with E-state index in [0.29, 0.717) is 12.8 Å². The second-order valence-electron chi connectivity index (χ2n) is 6.27. The predicted octanol–water partition coefficient (Wildman–Crippen LogP) is 1.17. The van der Waals surface area contributed by atoms with Gasteiger partial charge in [0.05, 0.1) is 5.60 Å². The fourth-order valence-corrected chi connectivity index (χ4v) is 2.68. The minimum Gasteiger partial charge on any atom is -0.480 e. The molecule has 0 heterocycles. The van der Waals surface area contributed by atoms with E-state index in [0.717, 1.165) is 6.42 Å². The Labute approximate surface area is 107 Å². The fourth-order valence-electron chi connectivity index (χ4n) is 2.68. The minimum atomic E-state index is -1.16. The zero-order valence-electron chi connectivity index (χ0n) is 11.4. The molecule has 0 spiro atoms. The number of carboxylic acids is 1. The van der Waals surface area contributed by atoms with Crippen LogP contribution in [0.2, 0.25) is 0 Å². The van der Waals surface area contributed by atoms with Gasteiger partial charge in [-0.25, -0.2) is 0 Å². The van der Waals surface area contributed by atoms with E-state index in [2.05, 4.69) is 5.32 Å². The summed E-state index contributed by atoms with van der Waals surface area (Å²) < 4.78 is 5.48. The molecule has 2 rings (SSSR count). The van der Waals surface area contributed by atoms with Crippen LogP contribution in [-0.4, -0.2) is 35.7 Å². The molecule has 2 fully saturated rings. The van der Waals surface area contributed by atoms with Crippen LogP contribution in [0.15, 0.2) is 0 Å². The Morgan fingerprint density at radius 2 is 1.83 bits per heavy atom. The second-order valence-corrected chi connectivity index (χ2v) is 6.27. The Hall–Kier alpha value is -1.10. The molecule has 0 aliphatic heterocycles. The molecular formula is C13H21NO4. The summed E-state index contributed by atoms with van der Waals surface area (Å²) in [5.41, 5.74) is -1.61. The first-order valence-electron chi connectivity index (χ1n) is 6.29. The summed E-state index contributed by atoms with van der Waals surface area (Å²) in [6, 6.07) is -0.0215. The van der Waals surface area contributed by atoms with E-state index in [4.69, 9.17) is 9.84 Å². The van der Waals surface area contributed by atoms with Gasteiger partial charge in [-0.2, -0.15) is 0 Å². The fraction of sp³-hybridized carbons (Fsp3) is 0.846. The molecular weight excluding hydrogens is 234 g/mol. The summed E-state index contributed by atoms with van der Waals surface area (Å²) in [5.74, 6) is -1.35. The molecule has 5 nitrogen and oxygen atoms in total. The van der Waals surface area contributed by atoms with Crippen molar-refractivity contribution in [3.8, 4) is 0 Å². The number of rotatable bonds is 4.